The van der Waals surface area contributed by atoms with E-state index >= 15 is 4.57 Å². The summed E-state index contributed by atoms with van der Waals surface area (Å²) in [5.41, 5.74) is 7.66. The Morgan fingerprint density at radius 2 is 0.810 bits per heavy atom. The molecule has 0 fully saturated rings. The maximum atomic E-state index is 15.9. The molecule has 0 atom stereocenters. The van der Waals surface area contributed by atoms with Crippen molar-refractivity contribution in [2.75, 3.05) is 0 Å². The minimum Gasteiger partial charge on any atom is -0.309 e. The molecule has 0 spiro atoms. The summed E-state index contributed by atoms with van der Waals surface area (Å²) in [6.45, 7) is 11.8. The number of carbonyl (C=O) groups is 2. The van der Waals surface area contributed by atoms with Crippen LogP contribution < -0.4 is 15.9 Å². The zero-order chi connectivity index (χ0) is 30.2. The molecule has 0 N–H and O–H groups in total. The van der Waals surface area contributed by atoms with Crippen LogP contribution >= 0.6 is 7.14 Å². The molecule has 5 aromatic rings. The van der Waals surface area contributed by atoms with Gasteiger partial charge in [-0.15, -0.1) is 0 Å². The van der Waals surface area contributed by atoms with Gasteiger partial charge in [0.2, 0.25) is 0 Å². The van der Waals surface area contributed by atoms with Crippen LogP contribution in [0.5, 0.6) is 0 Å². The lowest BCUT2D eigenvalue weighted by molar-refractivity contribution is 0.103. The molecule has 5 aromatic carbocycles. The van der Waals surface area contributed by atoms with E-state index < -0.39 is 7.14 Å². The number of hydrogen-bond donors (Lipinski definition) is 0. The van der Waals surface area contributed by atoms with E-state index in [9.17, 15) is 9.59 Å². The normalized spacial score (nSPS) is 11.4. The molecule has 0 saturated carbocycles. The van der Waals surface area contributed by atoms with Crippen molar-refractivity contribution in [3.63, 3.8) is 0 Å². The first-order valence-corrected chi connectivity index (χ1v) is 15.8. The smallest absolute Gasteiger partial charge is 0.194 e. The van der Waals surface area contributed by atoms with Crippen molar-refractivity contribution < 1.29 is 14.2 Å². The number of hydrogen-bond acceptors (Lipinski definition) is 3. The Hall–Kier alpha value is -4.33. The molecule has 42 heavy (non-hydrogen) atoms. The Balaban J connectivity index is 1.80. The van der Waals surface area contributed by atoms with E-state index in [1.165, 1.54) is 0 Å². The van der Waals surface area contributed by atoms with Crippen LogP contribution in [0.2, 0.25) is 0 Å². The monoisotopic (exact) mass is 570 g/mol. The molecular formula is C38H35O3P. The summed E-state index contributed by atoms with van der Waals surface area (Å²) in [6, 6.07) is 31.5. The molecule has 0 radical (unpaired) electrons. The summed E-state index contributed by atoms with van der Waals surface area (Å²) in [6.07, 6.45) is 0. The van der Waals surface area contributed by atoms with E-state index in [2.05, 4.69) is 0 Å². The third-order valence-corrected chi connectivity index (χ3v) is 11.1. The molecule has 5 rings (SSSR count). The van der Waals surface area contributed by atoms with E-state index in [4.69, 9.17) is 0 Å². The minimum absolute atomic E-state index is 0.175. The molecule has 0 aliphatic rings. The fraction of sp³-hybridized carbons (Fsp3) is 0.158. The van der Waals surface area contributed by atoms with Gasteiger partial charge in [-0.05, 0) is 63.8 Å². The summed E-state index contributed by atoms with van der Waals surface area (Å²) in [5.74, 6) is -0.350. The first kappa shape index (κ1) is 29.2. The molecule has 0 heterocycles. The first-order chi connectivity index (χ1) is 20.0. The Bertz CT molecular complexity index is 1740. The molecule has 0 aliphatic heterocycles. The quantitative estimate of drug-likeness (QED) is 0.149. The molecule has 210 valence electrons. The van der Waals surface area contributed by atoms with Crippen molar-refractivity contribution >= 4 is 34.6 Å². The maximum Gasteiger partial charge on any atom is 0.194 e. The lowest BCUT2D eigenvalue weighted by Gasteiger charge is -2.25. The van der Waals surface area contributed by atoms with Gasteiger partial charge in [0.05, 0.1) is 0 Å². The van der Waals surface area contributed by atoms with Crippen LogP contribution in [0.4, 0.5) is 0 Å². The lowest BCUT2D eigenvalue weighted by Crippen LogP contribution is -2.32. The number of rotatable bonds is 7. The van der Waals surface area contributed by atoms with Gasteiger partial charge in [-0.2, -0.15) is 0 Å². The van der Waals surface area contributed by atoms with E-state index in [1.54, 1.807) is 36.4 Å². The fourth-order valence-corrected chi connectivity index (χ4v) is 9.30. The van der Waals surface area contributed by atoms with Gasteiger partial charge < -0.3 is 4.57 Å². The summed E-state index contributed by atoms with van der Waals surface area (Å²) >= 11 is 0. The topological polar surface area (TPSA) is 51.2 Å². The third-order valence-electron chi connectivity index (χ3n) is 7.90. The first-order valence-electron chi connectivity index (χ1n) is 14.1. The van der Waals surface area contributed by atoms with Gasteiger partial charge in [-0.25, -0.2) is 0 Å². The lowest BCUT2D eigenvalue weighted by atomic mass is 9.93. The molecule has 0 unspecified atom stereocenters. The van der Waals surface area contributed by atoms with E-state index in [-0.39, 0.29) is 11.6 Å². The Labute approximate surface area is 248 Å². The van der Waals surface area contributed by atoms with Gasteiger partial charge in [0.15, 0.2) is 18.7 Å². The Morgan fingerprint density at radius 1 is 0.476 bits per heavy atom. The average Bonchev–Trinajstić information content (AvgIpc) is 2.96. The van der Waals surface area contributed by atoms with E-state index in [0.717, 1.165) is 33.4 Å². The summed E-state index contributed by atoms with van der Waals surface area (Å²) in [4.78, 5) is 28.6. The third kappa shape index (κ3) is 5.10. The summed E-state index contributed by atoms with van der Waals surface area (Å²) in [7, 11) is -3.72. The second kappa shape index (κ2) is 11.5. The van der Waals surface area contributed by atoms with Crippen molar-refractivity contribution in [1.82, 2.24) is 0 Å². The number of aryl methyl sites for hydroxylation is 6. The molecular weight excluding hydrogens is 535 g/mol. The van der Waals surface area contributed by atoms with Gasteiger partial charge in [0.25, 0.3) is 0 Å². The SMILES string of the molecule is Cc1cc(C)c(C(=O)c2ccccc2P(=O)(c2ccccc2)c2ccccc2C(=O)c2c(C)cc(C)cc2C)c(C)c1. The predicted molar refractivity (Wildman–Crippen MR) is 174 cm³/mol. The van der Waals surface area contributed by atoms with Crippen molar-refractivity contribution in [1.29, 1.82) is 0 Å². The highest BCUT2D eigenvalue weighted by molar-refractivity contribution is 7.85. The highest BCUT2D eigenvalue weighted by Crippen LogP contribution is 2.45. The van der Waals surface area contributed by atoms with Crippen LogP contribution in [-0.2, 0) is 4.57 Å². The highest BCUT2D eigenvalue weighted by atomic mass is 31.2. The second-order valence-corrected chi connectivity index (χ2v) is 13.9. The second-order valence-electron chi connectivity index (χ2n) is 11.2. The van der Waals surface area contributed by atoms with Gasteiger partial charge in [0, 0.05) is 38.2 Å². The maximum absolute atomic E-state index is 15.9. The van der Waals surface area contributed by atoms with Crippen LogP contribution in [0.15, 0.2) is 103 Å². The zero-order valence-electron chi connectivity index (χ0n) is 25.0. The molecule has 0 aromatic heterocycles. The standard InChI is InChI=1S/C38H35O3P/c1-24-20-26(3)35(27(4)21-24)37(39)31-16-10-12-18-33(31)42(41,30-14-8-7-9-15-30)34-19-13-11-17-32(34)38(40)36-28(5)22-25(2)23-29(36)6/h7-23H,1-6H3. The van der Waals surface area contributed by atoms with Crippen molar-refractivity contribution in [3.05, 3.63) is 159 Å². The average molecular weight is 571 g/mol. The van der Waals surface area contributed by atoms with Crippen LogP contribution in [0.3, 0.4) is 0 Å². The highest BCUT2D eigenvalue weighted by Gasteiger charge is 2.37. The van der Waals surface area contributed by atoms with Crippen molar-refractivity contribution in [3.8, 4) is 0 Å². The van der Waals surface area contributed by atoms with Crippen LogP contribution in [-0.4, -0.2) is 11.6 Å². The molecule has 3 nitrogen and oxygen atoms in total. The molecule has 4 heteroatoms. The van der Waals surface area contributed by atoms with E-state index in [0.29, 0.717) is 38.2 Å². The van der Waals surface area contributed by atoms with E-state index in [1.807, 2.05) is 108 Å². The number of benzene rings is 5. The van der Waals surface area contributed by atoms with Crippen LogP contribution in [0, 0.1) is 41.5 Å². The van der Waals surface area contributed by atoms with Gasteiger partial charge in [-0.1, -0.05) is 114 Å². The largest absolute Gasteiger partial charge is 0.309 e. The summed E-state index contributed by atoms with van der Waals surface area (Å²) in [5, 5.41) is 1.43. The minimum atomic E-state index is -3.72. The number of ketones is 2. The van der Waals surface area contributed by atoms with Gasteiger partial charge >= 0.3 is 0 Å². The van der Waals surface area contributed by atoms with Crippen molar-refractivity contribution in [2.45, 2.75) is 41.5 Å². The van der Waals surface area contributed by atoms with Gasteiger partial charge in [0.1, 0.15) is 0 Å². The number of carbonyl (C=O) groups excluding carboxylic acids is 2. The summed E-state index contributed by atoms with van der Waals surface area (Å²) < 4.78 is 15.9. The molecule has 0 amide bonds. The Morgan fingerprint density at radius 3 is 1.19 bits per heavy atom. The molecule has 0 saturated heterocycles. The van der Waals surface area contributed by atoms with Gasteiger partial charge in [-0.3, -0.25) is 9.59 Å². The van der Waals surface area contributed by atoms with Crippen LogP contribution in [0.25, 0.3) is 0 Å². The molecule has 0 aliphatic carbocycles. The fourth-order valence-electron chi connectivity index (χ4n) is 6.27. The Kier molecular flexibility index (Phi) is 7.99. The zero-order valence-corrected chi connectivity index (χ0v) is 25.9. The predicted octanol–water partition coefficient (Wildman–Crippen LogP) is 7.64. The van der Waals surface area contributed by atoms with Crippen molar-refractivity contribution in [2.24, 2.45) is 0 Å². The van der Waals surface area contributed by atoms with Crippen LogP contribution in [0.1, 0.15) is 65.2 Å². The molecule has 0 bridgehead atoms.